The van der Waals surface area contributed by atoms with Gasteiger partial charge in [-0.25, -0.2) is 18.2 Å². The Balaban J connectivity index is 1.70. The largest absolute Gasteiger partial charge is 0.390 e. The van der Waals surface area contributed by atoms with Crippen LogP contribution in [0.15, 0.2) is 82.7 Å². The number of alkyl halides is 2. The molecule has 0 fully saturated rings. The molecule has 0 radical (unpaired) electrons. The van der Waals surface area contributed by atoms with Crippen molar-refractivity contribution in [3.8, 4) is 11.1 Å². The van der Waals surface area contributed by atoms with E-state index >= 15 is 0 Å². The molecule has 4 aromatic rings. The first-order valence-electron chi connectivity index (χ1n) is 11.7. The third kappa shape index (κ3) is 4.94. The maximum Gasteiger partial charge on any atom is 0.279 e. The molecule has 2 N–H and O–H groups in total. The highest BCUT2D eigenvalue weighted by atomic mass is 35.5. The number of hydrazone groups is 1. The number of nitrogens with zero attached hydrogens (tertiary/aromatic N) is 2. The summed E-state index contributed by atoms with van der Waals surface area (Å²) in [5.74, 6) is -5.18. The summed E-state index contributed by atoms with van der Waals surface area (Å²) >= 11 is 6.01. The lowest BCUT2D eigenvalue weighted by molar-refractivity contribution is -0.143. The van der Waals surface area contributed by atoms with E-state index in [1.54, 1.807) is 54.6 Å². The van der Waals surface area contributed by atoms with Crippen LogP contribution in [0.3, 0.4) is 0 Å². The van der Waals surface area contributed by atoms with Gasteiger partial charge in [0.25, 0.3) is 11.5 Å². The van der Waals surface area contributed by atoms with Gasteiger partial charge in [-0.3, -0.25) is 9.59 Å². The van der Waals surface area contributed by atoms with Crippen LogP contribution in [0.5, 0.6) is 0 Å². The number of amides is 1. The average Bonchev–Trinajstić information content (AvgIpc) is 3.33. The molecule has 194 valence electrons. The monoisotopic (exact) mass is 539 g/mol. The van der Waals surface area contributed by atoms with Crippen molar-refractivity contribution < 1.29 is 23.1 Å². The van der Waals surface area contributed by atoms with Gasteiger partial charge < -0.3 is 10.1 Å². The van der Waals surface area contributed by atoms with Crippen molar-refractivity contribution in [2.24, 2.45) is 5.10 Å². The first-order chi connectivity index (χ1) is 18.2. The summed E-state index contributed by atoms with van der Waals surface area (Å²) in [6, 6.07) is 18.4. The number of H-pyrrole nitrogens is 1. The number of pyridine rings is 1. The van der Waals surface area contributed by atoms with E-state index in [9.17, 15) is 22.8 Å². The summed E-state index contributed by atoms with van der Waals surface area (Å²) in [6.45, 7) is -1.50. The highest BCUT2D eigenvalue weighted by Crippen LogP contribution is 2.38. The van der Waals surface area contributed by atoms with Crippen LogP contribution in [0, 0.1) is 5.82 Å². The lowest BCUT2D eigenvalue weighted by Gasteiger charge is -2.24. The summed E-state index contributed by atoms with van der Waals surface area (Å²) in [6.07, 6.45) is -1.24. The van der Waals surface area contributed by atoms with Crippen molar-refractivity contribution in [1.82, 2.24) is 9.99 Å². The Kier molecular flexibility index (Phi) is 6.81. The van der Waals surface area contributed by atoms with Crippen molar-refractivity contribution in [1.29, 1.82) is 0 Å². The van der Waals surface area contributed by atoms with Crippen LogP contribution in [-0.4, -0.2) is 39.2 Å². The Morgan fingerprint density at radius 3 is 2.53 bits per heavy atom. The molecule has 6 nitrogen and oxygen atoms in total. The molecule has 1 amide bonds. The molecule has 5 rings (SSSR count). The second-order valence-electron chi connectivity index (χ2n) is 9.01. The zero-order valence-electron chi connectivity index (χ0n) is 19.8. The number of para-hydroxylation sites is 1. The quantitative estimate of drug-likeness (QED) is 0.330. The topological polar surface area (TPSA) is 85.8 Å². The van der Waals surface area contributed by atoms with Crippen LogP contribution in [0.1, 0.15) is 30.0 Å². The number of benzene rings is 3. The molecule has 3 aromatic carbocycles. The second kappa shape index (κ2) is 10.1. The van der Waals surface area contributed by atoms with E-state index in [1.165, 1.54) is 18.2 Å². The number of rotatable bonds is 6. The molecule has 0 saturated carbocycles. The fraction of sp³-hybridized carbons (Fsp3) is 0.179. The molecular weight excluding hydrogens is 519 g/mol. The minimum Gasteiger partial charge on any atom is -0.390 e. The molecule has 1 aromatic heterocycles. The van der Waals surface area contributed by atoms with Gasteiger partial charge in [0, 0.05) is 27.9 Å². The predicted octanol–water partition coefficient (Wildman–Crippen LogP) is 5.68. The normalized spacial score (nSPS) is 15.7. The van der Waals surface area contributed by atoms with Crippen LogP contribution < -0.4 is 5.56 Å². The predicted molar refractivity (Wildman–Crippen MR) is 139 cm³/mol. The number of carbonyl (C=O) groups is 1. The van der Waals surface area contributed by atoms with Crippen molar-refractivity contribution >= 4 is 34.1 Å². The van der Waals surface area contributed by atoms with Crippen LogP contribution in [0.25, 0.3) is 22.0 Å². The SMILES string of the molecule is O=C(CC(F)(F)CO)N1N=C(c2c(-c3cccc(F)c3)c3ccccc3[nH]c2=O)CC1c1ccc(Cl)cc1. The van der Waals surface area contributed by atoms with Gasteiger partial charge in [0.15, 0.2) is 0 Å². The number of carbonyl (C=O) groups excluding carboxylic acids is 1. The summed E-state index contributed by atoms with van der Waals surface area (Å²) in [7, 11) is 0. The first-order valence-corrected chi connectivity index (χ1v) is 12.1. The molecular formula is C28H21ClF3N3O3. The van der Waals surface area contributed by atoms with Crippen molar-refractivity contribution in [2.75, 3.05) is 6.61 Å². The Hall–Kier alpha value is -3.95. The van der Waals surface area contributed by atoms with Crippen molar-refractivity contribution in [3.05, 3.63) is 105 Å². The van der Waals surface area contributed by atoms with E-state index in [-0.39, 0.29) is 17.7 Å². The number of hydrogen-bond acceptors (Lipinski definition) is 4. The third-order valence-electron chi connectivity index (χ3n) is 6.39. The Bertz CT molecular complexity index is 1620. The number of halogens is 4. The van der Waals surface area contributed by atoms with E-state index in [0.717, 1.165) is 5.01 Å². The number of aromatic nitrogens is 1. The molecule has 0 saturated heterocycles. The van der Waals surface area contributed by atoms with Crippen LogP contribution in [0.4, 0.5) is 13.2 Å². The van der Waals surface area contributed by atoms with Crippen LogP contribution in [-0.2, 0) is 4.79 Å². The second-order valence-corrected chi connectivity index (χ2v) is 9.44. The number of fused-ring (bicyclic) bond motifs is 1. The van der Waals surface area contributed by atoms with E-state index in [2.05, 4.69) is 10.1 Å². The lowest BCUT2D eigenvalue weighted by Crippen LogP contribution is -2.34. The fourth-order valence-corrected chi connectivity index (χ4v) is 4.78. The number of aliphatic hydroxyl groups excluding tert-OH is 1. The van der Waals surface area contributed by atoms with E-state index in [4.69, 9.17) is 16.7 Å². The van der Waals surface area contributed by atoms with Crippen LogP contribution >= 0.6 is 11.6 Å². The van der Waals surface area contributed by atoms with Gasteiger partial charge in [-0.1, -0.05) is 54.1 Å². The maximum atomic E-state index is 14.3. The summed E-state index contributed by atoms with van der Waals surface area (Å²) in [5.41, 5.74) is 1.68. The van der Waals surface area contributed by atoms with Crippen LogP contribution in [0.2, 0.25) is 5.02 Å². The zero-order valence-corrected chi connectivity index (χ0v) is 20.6. The molecule has 1 atom stereocenters. The zero-order chi connectivity index (χ0) is 27.0. The standard InChI is InChI=1S/C28H21ClF3N3O3/c29-18-10-8-16(9-11-18)23-13-22(34-35(23)24(37)14-28(31,32)15-36)26-25(17-4-3-5-19(30)12-17)20-6-1-2-7-21(20)33-27(26)38/h1-12,23,36H,13-15H2,(H,33,38). The van der Waals surface area contributed by atoms with Gasteiger partial charge in [0.05, 0.1) is 23.7 Å². The van der Waals surface area contributed by atoms with E-state index in [1.807, 2.05) is 0 Å². The highest BCUT2D eigenvalue weighted by molar-refractivity contribution is 6.30. The molecule has 0 spiro atoms. The first kappa shape index (κ1) is 25.7. The molecule has 1 unspecified atom stereocenters. The molecule has 0 aliphatic carbocycles. The van der Waals surface area contributed by atoms with Gasteiger partial charge in [-0.2, -0.15) is 5.10 Å². The average molecular weight is 540 g/mol. The lowest BCUT2D eigenvalue weighted by atomic mass is 9.91. The number of nitrogens with one attached hydrogen (secondary N) is 1. The minimum atomic E-state index is -3.65. The Labute approximate surface area is 220 Å². The van der Waals surface area contributed by atoms with E-state index < -0.39 is 42.3 Å². The summed E-state index contributed by atoms with van der Waals surface area (Å²) in [4.78, 5) is 29.3. The maximum absolute atomic E-state index is 14.3. The number of aromatic amines is 1. The third-order valence-corrected chi connectivity index (χ3v) is 6.64. The van der Waals surface area contributed by atoms with E-state index in [0.29, 0.717) is 32.6 Å². The van der Waals surface area contributed by atoms with Gasteiger partial charge in [0.2, 0.25) is 5.91 Å². The summed E-state index contributed by atoms with van der Waals surface area (Å²) in [5, 5.41) is 15.4. The van der Waals surface area contributed by atoms with Gasteiger partial charge >= 0.3 is 0 Å². The molecule has 38 heavy (non-hydrogen) atoms. The smallest absolute Gasteiger partial charge is 0.279 e. The Morgan fingerprint density at radius 1 is 1.08 bits per heavy atom. The number of hydrogen-bond donors (Lipinski definition) is 2. The number of aliphatic hydroxyl groups is 1. The molecule has 10 heteroatoms. The van der Waals surface area contributed by atoms with Gasteiger partial charge in [-0.05, 0) is 41.5 Å². The van der Waals surface area contributed by atoms with Crippen molar-refractivity contribution in [2.45, 2.75) is 24.8 Å². The molecule has 2 heterocycles. The van der Waals surface area contributed by atoms with Crippen molar-refractivity contribution in [3.63, 3.8) is 0 Å². The Morgan fingerprint density at radius 2 is 1.82 bits per heavy atom. The highest BCUT2D eigenvalue weighted by Gasteiger charge is 2.40. The minimum absolute atomic E-state index is 0.0296. The molecule has 1 aliphatic heterocycles. The van der Waals surface area contributed by atoms with Gasteiger partial charge in [0.1, 0.15) is 12.4 Å². The molecule has 0 bridgehead atoms. The molecule has 1 aliphatic rings. The summed E-state index contributed by atoms with van der Waals surface area (Å²) < 4.78 is 42.2. The van der Waals surface area contributed by atoms with Gasteiger partial charge in [-0.15, -0.1) is 0 Å². The fourth-order valence-electron chi connectivity index (χ4n) is 4.66.